The van der Waals surface area contributed by atoms with Crippen LogP contribution in [0, 0.1) is 0 Å². The van der Waals surface area contributed by atoms with Crippen molar-refractivity contribution in [2.24, 2.45) is 0 Å². The van der Waals surface area contributed by atoms with Gasteiger partial charge in [-0.2, -0.15) is 0 Å². The lowest BCUT2D eigenvalue weighted by Crippen LogP contribution is -2.34. The Morgan fingerprint density at radius 3 is 2.46 bits per heavy atom. The highest BCUT2D eigenvalue weighted by atomic mass is 32.1. The van der Waals surface area contributed by atoms with Crippen molar-refractivity contribution in [1.29, 1.82) is 0 Å². The number of amides is 1. The molecule has 0 unspecified atom stereocenters. The number of hydrogen-bond donors (Lipinski definition) is 2. The zero-order valence-corrected chi connectivity index (χ0v) is 13.9. The first-order valence-corrected chi connectivity index (χ1v) is 7.82. The van der Waals surface area contributed by atoms with Gasteiger partial charge in [-0.1, -0.05) is 42.5 Å². The fraction of sp³-hybridized carbons (Fsp3) is 0.0526. The number of ether oxygens (including phenoxy) is 1. The molecule has 0 bridgehead atoms. The van der Waals surface area contributed by atoms with E-state index >= 15 is 0 Å². The Bertz CT molecular complexity index is 909. The van der Waals surface area contributed by atoms with Gasteiger partial charge in [0.2, 0.25) is 0 Å². The van der Waals surface area contributed by atoms with Gasteiger partial charge in [-0.25, -0.2) is 0 Å². The number of anilines is 1. The number of methoxy groups -OCH3 is 1. The van der Waals surface area contributed by atoms with Gasteiger partial charge < -0.3 is 10.1 Å². The van der Waals surface area contributed by atoms with E-state index in [2.05, 4.69) is 10.6 Å². The molecule has 0 radical (unpaired) electrons. The van der Waals surface area contributed by atoms with Gasteiger partial charge in [0, 0.05) is 5.56 Å². The standard InChI is InChI=1S/C19H16N2O2S/c1-23-17-9-5-4-8-16(17)20-19(24)21-18(22)15-11-10-13-6-2-3-7-14(13)12-15/h2-12H,1H3,(H2,20,21,22,24). The number of hydrogen-bond acceptors (Lipinski definition) is 3. The summed E-state index contributed by atoms with van der Waals surface area (Å²) in [6.07, 6.45) is 0. The fourth-order valence-electron chi connectivity index (χ4n) is 2.41. The van der Waals surface area contributed by atoms with E-state index in [4.69, 9.17) is 17.0 Å². The second-order valence-corrected chi connectivity index (χ2v) is 5.58. The predicted octanol–water partition coefficient (Wildman–Crippen LogP) is 3.98. The van der Waals surface area contributed by atoms with Crippen LogP contribution < -0.4 is 15.4 Å². The molecule has 2 N–H and O–H groups in total. The van der Waals surface area contributed by atoms with Crippen LogP contribution in [0.5, 0.6) is 5.75 Å². The van der Waals surface area contributed by atoms with Crippen molar-refractivity contribution >= 4 is 39.7 Å². The monoisotopic (exact) mass is 336 g/mol. The Morgan fingerprint density at radius 2 is 1.67 bits per heavy atom. The van der Waals surface area contributed by atoms with Gasteiger partial charge in [0.1, 0.15) is 5.75 Å². The van der Waals surface area contributed by atoms with Crippen LogP contribution in [0.2, 0.25) is 0 Å². The number of benzene rings is 3. The Labute approximate surface area is 145 Å². The summed E-state index contributed by atoms with van der Waals surface area (Å²) in [7, 11) is 1.58. The zero-order valence-electron chi connectivity index (χ0n) is 13.1. The van der Waals surface area contributed by atoms with Crippen molar-refractivity contribution in [2.45, 2.75) is 0 Å². The highest BCUT2D eigenvalue weighted by Crippen LogP contribution is 2.22. The van der Waals surface area contributed by atoms with Gasteiger partial charge >= 0.3 is 0 Å². The van der Waals surface area contributed by atoms with Crippen LogP contribution in [0.4, 0.5) is 5.69 Å². The van der Waals surface area contributed by atoms with E-state index in [0.29, 0.717) is 17.0 Å². The predicted molar refractivity (Wildman–Crippen MR) is 101 cm³/mol. The average molecular weight is 336 g/mol. The maximum atomic E-state index is 12.4. The van der Waals surface area contributed by atoms with Gasteiger partial charge in [-0.05, 0) is 47.3 Å². The van der Waals surface area contributed by atoms with Gasteiger partial charge in [-0.3, -0.25) is 10.1 Å². The molecule has 0 aliphatic heterocycles. The smallest absolute Gasteiger partial charge is 0.257 e. The minimum atomic E-state index is -0.256. The summed E-state index contributed by atoms with van der Waals surface area (Å²) in [5.74, 6) is 0.396. The normalized spacial score (nSPS) is 10.2. The molecule has 1 amide bonds. The van der Waals surface area contributed by atoms with Gasteiger partial charge in [-0.15, -0.1) is 0 Å². The van der Waals surface area contributed by atoms with Crippen molar-refractivity contribution in [3.63, 3.8) is 0 Å². The molecule has 0 saturated carbocycles. The number of para-hydroxylation sites is 2. The highest BCUT2D eigenvalue weighted by molar-refractivity contribution is 7.80. The Balaban J connectivity index is 1.72. The van der Waals surface area contributed by atoms with Crippen LogP contribution in [0.25, 0.3) is 10.8 Å². The third kappa shape index (κ3) is 3.52. The third-order valence-electron chi connectivity index (χ3n) is 3.59. The molecular weight excluding hydrogens is 320 g/mol. The van der Waals surface area contributed by atoms with E-state index < -0.39 is 0 Å². The average Bonchev–Trinajstić information content (AvgIpc) is 2.61. The molecule has 0 aliphatic carbocycles. The summed E-state index contributed by atoms with van der Waals surface area (Å²) < 4.78 is 5.25. The maximum absolute atomic E-state index is 12.4. The molecule has 0 aliphatic rings. The molecule has 3 rings (SSSR count). The summed E-state index contributed by atoms with van der Waals surface area (Å²) in [5.41, 5.74) is 1.25. The van der Waals surface area contributed by atoms with Crippen LogP contribution in [-0.2, 0) is 0 Å². The summed E-state index contributed by atoms with van der Waals surface area (Å²) >= 11 is 5.22. The third-order valence-corrected chi connectivity index (χ3v) is 3.80. The molecule has 4 nitrogen and oxygen atoms in total. The number of carbonyl (C=O) groups excluding carboxylic acids is 1. The lowest BCUT2D eigenvalue weighted by Gasteiger charge is -2.12. The number of carbonyl (C=O) groups is 1. The first-order valence-electron chi connectivity index (χ1n) is 7.41. The number of rotatable bonds is 3. The van der Waals surface area contributed by atoms with Crippen LogP contribution in [0.1, 0.15) is 10.4 Å². The lowest BCUT2D eigenvalue weighted by molar-refractivity contribution is 0.0978. The zero-order chi connectivity index (χ0) is 16.9. The van der Waals surface area contributed by atoms with Crippen molar-refractivity contribution in [1.82, 2.24) is 5.32 Å². The number of fused-ring (bicyclic) bond motifs is 1. The molecule has 5 heteroatoms. The highest BCUT2D eigenvalue weighted by Gasteiger charge is 2.10. The van der Waals surface area contributed by atoms with E-state index in [-0.39, 0.29) is 11.0 Å². The van der Waals surface area contributed by atoms with Gasteiger partial charge in [0.15, 0.2) is 5.11 Å². The minimum Gasteiger partial charge on any atom is -0.495 e. The summed E-state index contributed by atoms with van der Waals surface area (Å²) in [6, 6.07) is 20.8. The van der Waals surface area contributed by atoms with Crippen molar-refractivity contribution in [3.05, 3.63) is 72.3 Å². The molecule has 0 heterocycles. The fourth-order valence-corrected chi connectivity index (χ4v) is 2.61. The van der Waals surface area contributed by atoms with Crippen molar-refractivity contribution in [2.75, 3.05) is 12.4 Å². The van der Waals surface area contributed by atoms with Gasteiger partial charge in [0.05, 0.1) is 12.8 Å². The topological polar surface area (TPSA) is 50.4 Å². The van der Waals surface area contributed by atoms with E-state index in [1.54, 1.807) is 13.2 Å². The molecule has 0 fully saturated rings. The summed E-state index contributed by atoms with van der Waals surface area (Å²) in [5, 5.41) is 7.98. The molecule has 0 atom stereocenters. The lowest BCUT2D eigenvalue weighted by atomic mass is 10.1. The van der Waals surface area contributed by atoms with E-state index in [0.717, 1.165) is 10.8 Å². The van der Waals surface area contributed by atoms with Crippen molar-refractivity contribution < 1.29 is 9.53 Å². The van der Waals surface area contributed by atoms with Crippen LogP contribution in [0.15, 0.2) is 66.7 Å². The molecular formula is C19H16N2O2S. The maximum Gasteiger partial charge on any atom is 0.257 e. The molecule has 24 heavy (non-hydrogen) atoms. The minimum absolute atomic E-state index is 0.220. The van der Waals surface area contributed by atoms with Crippen LogP contribution >= 0.6 is 12.2 Å². The first-order chi connectivity index (χ1) is 11.7. The molecule has 3 aromatic carbocycles. The van der Waals surface area contributed by atoms with Crippen LogP contribution in [-0.4, -0.2) is 18.1 Å². The summed E-state index contributed by atoms with van der Waals surface area (Å²) in [6.45, 7) is 0. The Morgan fingerprint density at radius 1 is 0.958 bits per heavy atom. The van der Waals surface area contributed by atoms with Crippen LogP contribution in [0.3, 0.4) is 0 Å². The molecule has 3 aromatic rings. The second-order valence-electron chi connectivity index (χ2n) is 5.17. The number of thiocarbonyl (C=S) groups is 1. The Hall–Kier alpha value is -2.92. The number of nitrogens with one attached hydrogen (secondary N) is 2. The summed E-state index contributed by atoms with van der Waals surface area (Å²) in [4.78, 5) is 12.4. The SMILES string of the molecule is COc1ccccc1NC(=S)NC(=O)c1ccc2ccccc2c1. The molecule has 120 valence electrons. The van der Waals surface area contributed by atoms with E-state index in [1.165, 1.54) is 0 Å². The van der Waals surface area contributed by atoms with Gasteiger partial charge in [0.25, 0.3) is 5.91 Å². The Kier molecular flexibility index (Phi) is 4.72. The molecule has 0 aromatic heterocycles. The van der Waals surface area contributed by atoms with E-state index in [1.807, 2.05) is 60.7 Å². The molecule has 0 saturated heterocycles. The molecule has 0 spiro atoms. The quantitative estimate of drug-likeness (QED) is 0.711. The van der Waals surface area contributed by atoms with Crippen molar-refractivity contribution in [3.8, 4) is 5.75 Å². The largest absolute Gasteiger partial charge is 0.495 e. The first kappa shape index (κ1) is 16.0. The van der Waals surface area contributed by atoms with E-state index in [9.17, 15) is 4.79 Å². The second kappa shape index (κ2) is 7.10.